The first kappa shape index (κ1) is 13.0. The van der Waals surface area contributed by atoms with E-state index in [4.69, 9.17) is 5.73 Å². The summed E-state index contributed by atoms with van der Waals surface area (Å²) >= 11 is 0. The van der Waals surface area contributed by atoms with E-state index in [1.54, 1.807) is 0 Å². The van der Waals surface area contributed by atoms with Crippen LogP contribution in [0.4, 0.5) is 5.69 Å². The number of rotatable bonds is 2. The molecule has 0 aliphatic carbocycles. The number of nitrogens with zero attached hydrogens (tertiary/aromatic N) is 1. The molecule has 2 nitrogen and oxygen atoms in total. The first-order valence-electron chi connectivity index (χ1n) is 7.66. The largest absolute Gasteiger partial charge is 0.365 e. The van der Waals surface area contributed by atoms with Gasteiger partial charge in [0.1, 0.15) is 0 Å². The van der Waals surface area contributed by atoms with Crippen LogP contribution < -0.4 is 10.6 Å². The number of piperidine rings is 1. The van der Waals surface area contributed by atoms with Crippen molar-refractivity contribution in [2.45, 2.75) is 58.5 Å². The predicted octanol–water partition coefficient (Wildman–Crippen LogP) is 3.32. The van der Waals surface area contributed by atoms with Gasteiger partial charge < -0.3 is 10.6 Å². The summed E-state index contributed by atoms with van der Waals surface area (Å²) in [5, 5.41) is 0. The lowest BCUT2D eigenvalue weighted by Crippen LogP contribution is -2.45. The van der Waals surface area contributed by atoms with Crippen LogP contribution in [0.15, 0.2) is 12.1 Å². The number of aryl methyl sites for hydroxylation is 3. The van der Waals surface area contributed by atoms with Crippen molar-refractivity contribution in [3.63, 3.8) is 0 Å². The molecule has 2 fully saturated rings. The average Bonchev–Trinajstić information content (AvgIpc) is 2.60. The van der Waals surface area contributed by atoms with Crippen LogP contribution in [0.3, 0.4) is 0 Å². The number of hydrogen-bond donors (Lipinski definition) is 1. The molecule has 1 aromatic carbocycles. The molecule has 104 valence electrons. The Bertz CT molecular complexity index is 443. The molecule has 2 atom stereocenters. The van der Waals surface area contributed by atoms with Crippen molar-refractivity contribution in [1.82, 2.24) is 0 Å². The Morgan fingerprint density at radius 3 is 2.05 bits per heavy atom. The minimum absolute atomic E-state index is 0.729. The monoisotopic (exact) mass is 258 g/mol. The van der Waals surface area contributed by atoms with Crippen molar-refractivity contribution in [2.24, 2.45) is 11.7 Å². The molecular weight excluding hydrogens is 232 g/mol. The van der Waals surface area contributed by atoms with Crippen LogP contribution >= 0.6 is 0 Å². The highest BCUT2D eigenvalue weighted by Crippen LogP contribution is 2.43. The summed E-state index contributed by atoms with van der Waals surface area (Å²) in [5.41, 5.74) is 11.7. The normalized spacial score (nSPS) is 29.9. The van der Waals surface area contributed by atoms with Crippen LogP contribution in [0.5, 0.6) is 0 Å². The molecule has 2 saturated heterocycles. The number of anilines is 1. The van der Waals surface area contributed by atoms with Crippen LogP contribution in [0, 0.1) is 26.7 Å². The lowest BCUT2D eigenvalue weighted by molar-refractivity contribution is 0.346. The van der Waals surface area contributed by atoms with Gasteiger partial charge in [-0.05, 0) is 70.0 Å². The smallest absolute Gasteiger partial charge is 0.0430 e. The van der Waals surface area contributed by atoms with E-state index >= 15 is 0 Å². The van der Waals surface area contributed by atoms with Gasteiger partial charge in [-0.2, -0.15) is 0 Å². The zero-order valence-corrected chi connectivity index (χ0v) is 12.4. The van der Waals surface area contributed by atoms with E-state index in [2.05, 4.69) is 37.8 Å². The SMILES string of the molecule is Cc1cc(C)c(N2C3CCC2CC(CN)C3)c(C)c1. The van der Waals surface area contributed by atoms with Gasteiger partial charge >= 0.3 is 0 Å². The summed E-state index contributed by atoms with van der Waals surface area (Å²) in [6, 6.07) is 6.12. The van der Waals surface area contributed by atoms with E-state index in [1.165, 1.54) is 48.1 Å². The van der Waals surface area contributed by atoms with Crippen molar-refractivity contribution in [2.75, 3.05) is 11.4 Å². The first-order chi connectivity index (χ1) is 9.10. The molecule has 2 bridgehead atoms. The van der Waals surface area contributed by atoms with Gasteiger partial charge in [0.25, 0.3) is 0 Å². The summed E-state index contributed by atoms with van der Waals surface area (Å²) in [6.45, 7) is 7.60. The fraction of sp³-hybridized carbons (Fsp3) is 0.647. The highest BCUT2D eigenvalue weighted by molar-refractivity contribution is 5.62. The zero-order valence-electron chi connectivity index (χ0n) is 12.4. The van der Waals surface area contributed by atoms with Crippen molar-refractivity contribution in [3.8, 4) is 0 Å². The molecule has 2 heteroatoms. The quantitative estimate of drug-likeness (QED) is 0.881. The third kappa shape index (κ3) is 2.16. The second-order valence-corrected chi connectivity index (χ2v) is 6.61. The van der Waals surface area contributed by atoms with Crippen LogP contribution in [0.1, 0.15) is 42.4 Å². The van der Waals surface area contributed by atoms with Gasteiger partial charge in [0.2, 0.25) is 0 Å². The number of fused-ring (bicyclic) bond motifs is 2. The number of hydrogen-bond acceptors (Lipinski definition) is 2. The van der Waals surface area contributed by atoms with Gasteiger partial charge in [-0.25, -0.2) is 0 Å². The van der Waals surface area contributed by atoms with Gasteiger partial charge in [0.05, 0.1) is 0 Å². The zero-order chi connectivity index (χ0) is 13.6. The standard InChI is InChI=1S/C17H26N2/c1-11-6-12(2)17(13(3)7-11)19-15-4-5-16(19)9-14(8-15)10-18/h6-7,14-16H,4-5,8-10,18H2,1-3H3. The fourth-order valence-corrected chi connectivity index (χ4v) is 4.43. The van der Waals surface area contributed by atoms with Crippen molar-refractivity contribution in [3.05, 3.63) is 28.8 Å². The van der Waals surface area contributed by atoms with Gasteiger partial charge in [0.15, 0.2) is 0 Å². The topological polar surface area (TPSA) is 29.3 Å². The van der Waals surface area contributed by atoms with E-state index in [0.29, 0.717) is 0 Å². The Hall–Kier alpha value is -1.02. The molecule has 2 unspecified atom stereocenters. The Kier molecular flexibility index (Phi) is 3.30. The average molecular weight is 258 g/mol. The Balaban J connectivity index is 1.96. The predicted molar refractivity (Wildman–Crippen MR) is 81.7 cm³/mol. The Labute approximate surface area is 117 Å². The van der Waals surface area contributed by atoms with Crippen LogP contribution in [0.2, 0.25) is 0 Å². The lowest BCUT2D eigenvalue weighted by Gasteiger charge is -2.42. The van der Waals surface area contributed by atoms with Gasteiger partial charge in [-0.3, -0.25) is 0 Å². The number of benzene rings is 1. The molecule has 0 saturated carbocycles. The molecule has 0 spiro atoms. The molecule has 3 rings (SSSR count). The van der Waals surface area contributed by atoms with Gasteiger partial charge in [-0.1, -0.05) is 17.7 Å². The van der Waals surface area contributed by atoms with Crippen molar-refractivity contribution < 1.29 is 0 Å². The van der Waals surface area contributed by atoms with E-state index in [9.17, 15) is 0 Å². The number of nitrogens with two attached hydrogens (primary N) is 1. The highest BCUT2D eigenvalue weighted by Gasteiger charge is 2.41. The maximum Gasteiger partial charge on any atom is 0.0430 e. The highest BCUT2D eigenvalue weighted by atomic mass is 15.2. The van der Waals surface area contributed by atoms with Crippen LogP contribution in [0.25, 0.3) is 0 Å². The second kappa shape index (κ2) is 4.82. The van der Waals surface area contributed by atoms with E-state index in [-0.39, 0.29) is 0 Å². The Morgan fingerprint density at radius 1 is 1.05 bits per heavy atom. The molecule has 2 N–H and O–H groups in total. The van der Waals surface area contributed by atoms with Crippen LogP contribution in [-0.2, 0) is 0 Å². The summed E-state index contributed by atoms with van der Waals surface area (Å²) < 4.78 is 0. The summed E-state index contributed by atoms with van der Waals surface area (Å²) in [7, 11) is 0. The third-order valence-corrected chi connectivity index (χ3v) is 5.06. The first-order valence-corrected chi connectivity index (χ1v) is 7.66. The Morgan fingerprint density at radius 2 is 1.58 bits per heavy atom. The molecule has 19 heavy (non-hydrogen) atoms. The van der Waals surface area contributed by atoms with E-state index in [0.717, 1.165) is 24.5 Å². The second-order valence-electron chi connectivity index (χ2n) is 6.61. The van der Waals surface area contributed by atoms with Crippen LogP contribution in [-0.4, -0.2) is 18.6 Å². The van der Waals surface area contributed by atoms with Crippen molar-refractivity contribution >= 4 is 5.69 Å². The molecule has 0 aromatic heterocycles. The third-order valence-electron chi connectivity index (χ3n) is 5.06. The maximum absolute atomic E-state index is 5.90. The molecule has 2 aliphatic heterocycles. The summed E-state index contributed by atoms with van der Waals surface area (Å²) in [6.07, 6.45) is 5.29. The van der Waals surface area contributed by atoms with E-state index in [1.807, 2.05) is 0 Å². The fourth-order valence-electron chi connectivity index (χ4n) is 4.43. The summed E-state index contributed by atoms with van der Waals surface area (Å²) in [4.78, 5) is 2.73. The molecular formula is C17H26N2. The molecule has 2 aliphatic rings. The molecule has 0 amide bonds. The summed E-state index contributed by atoms with van der Waals surface area (Å²) in [5.74, 6) is 0.750. The minimum atomic E-state index is 0.729. The minimum Gasteiger partial charge on any atom is -0.365 e. The van der Waals surface area contributed by atoms with E-state index < -0.39 is 0 Å². The maximum atomic E-state index is 5.90. The molecule has 1 aromatic rings. The molecule has 2 heterocycles. The molecule has 0 radical (unpaired) electrons. The van der Waals surface area contributed by atoms with Crippen molar-refractivity contribution in [1.29, 1.82) is 0 Å². The lowest BCUT2D eigenvalue weighted by atomic mass is 9.89. The van der Waals surface area contributed by atoms with Gasteiger partial charge in [-0.15, -0.1) is 0 Å². The van der Waals surface area contributed by atoms with Gasteiger partial charge in [0, 0.05) is 17.8 Å².